The minimum atomic E-state index is -0.614. The van der Waals surface area contributed by atoms with Gasteiger partial charge in [-0.2, -0.15) is 0 Å². The van der Waals surface area contributed by atoms with E-state index in [1.165, 1.54) is 21.6 Å². The molecule has 3 heterocycles. The molecule has 340 valence electrons. The summed E-state index contributed by atoms with van der Waals surface area (Å²) in [6, 6.07) is 70.4. The Labute approximate surface area is 398 Å². The van der Waals surface area contributed by atoms with Gasteiger partial charge in [0.05, 0.1) is 35.2 Å². The van der Waals surface area contributed by atoms with Crippen molar-refractivity contribution >= 4 is 11.8 Å². The van der Waals surface area contributed by atoms with E-state index < -0.39 is 11.1 Å². The molecule has 0 bridgehead atoms. The maximum Gasteiger partial charge on any atom is 0.261 e. The lowest BCUT2D eigenvalue weighted by molar-refractivity contribution is 0.0652. The van der Waals surface area contributed by atoms with Crippen molar-refractivity contribution in [2.75, 3.05) is 13.1 Å². The second-order valence-electron chi connectivity index (χ2n) is 16.5. The van der Waals surface area contributed by atoms with Crippen molar-refractivity contribution in [1.82, 2.24) is 24.0 Å². The maximum atomic E-state index is 12.7. The van der Waals surface area contributed by atoms with E-state index in [0.717, 1.165) is 40.9 Å². The first kappa shape index (κ1) is 46.5. The summed E-state index contributed by atoms with van der Waals surface area (Å²) in [5.41, 5.74) is 14.6. The number of hydrogen-bond acceptors (Lipinski definition) is 7. The van der Waals surface area contributed by atoms with E-state index in [9.17, 15) is 9.59 Å². The van der Waals surface area contributed by atoms with Crippen LogP contribution in [-0.2, 0) is 23.9 Å². The molecule has 7 aromatic carbocycles. The van der Waals surface area contributed by atoms with Crippen molar-refractivity contribution in [2.45, 2.75) is 36.8 Å². The molecule has 9 aromatic rings. The molecular weight excluding hydrogens is 841 g/mol. The number of aromatic nitrogens is 4. The van der Waals surface area contributed by atoms with Crippen LogP contribution in [0.1, 0.15) is 78.3 Å². The number of carbonyl (C=O) groups excluding carboxylic acids is 2. The summed E-state index contributed by atoms with van der Waals surface area (Å²) in [7, 11) is 0. The predicted octanol–water partition coefficient (Wildman–Crippen LogP) is 9.39. The lowest BCUT2D eigenvalue weighted by Gasteiger charge is -2.37. The number of imide groups is 1. The normalized spacial score (nSPS) is 12.1. The van der Waals surface area contributed by atoms with E-state index in [1.807, 2.05) is 30.9 Å². The van der Waals surface area contributed by atoms with E-state index in [-0.39, 0.29) is 11.8 Å². The molecule has 0 aliphatic carbocycles. The summed E-state index contributed by atoms with van der Waals surface area (Å²) in [5, 5.41) is 0. The van der Waals surface area contributed by atoms with Gasteiger partial charge < -0.3 is 14.9 Å². The van der Waals surface area contributed by atoms with Crippen LogP contribution in [0, 0.1) is 0 Å². The van der Waals surface area contributed by atoms with Gasteiger partial charge in [0, 0.05) is 18.9 Å². The molecule has 0 saturated heterocycles. The highest BCUT2D eigenvalue weighted by molar-refractivity contribution is 6.21. The van der Waals surface area contributed by atoms with Gasteiger partial charge in [0.25, 0.3) is 11.8 Å². The third-order valence-corrected chi connectivity index (χ3v) is 12.5. The van der Waals surface area contributed by atoms with E-state index in [2.05, 4.69) is 197 Å². The quantitative estimate of drug-likeness (QED) is 0.0402. The van der Waals surface area contributed by atoms with Gasteiger partial charge in [0.2, 0.25) is 0 Å². The van der Waals surface area contributed by atoms with Crippen LogP contribution in [0.5, 0.6) is 0 Å². The third kappa shape index (κ3) is 9.21. The van der Waals surface area contributed by atoms with Gasteiger partial charge in [0.15, 0.2) is 0 Å². The summed E-state index contributed by atoms with van der Waals surface area (Å²) in [5.74, 6) is 7.57. The molecule has 0 radical (unpaired) electrons. The highest BCUT2D eigenvalue weighted by Gasteiger charge is 2.40. The smallest absolute Gasteiger partial charge is 0.261 e. The zero-order chi connectivity index (χ0) is 47.2. The Kier molecular flexibility index (Phi) is 15.0. The van der Waals surface area contributed by atoms with Crippen LogP contribution in [0.4, 0.5) is 0 Å². The molecule has 10 rings (SSSR count). The first-order valence-corrected chi connectivity index (χ1v) is 22.9. The van der Waals surface area contributed by atoms with Gasteiger partial charge in [-0.3, -0.25) is 26.2 Å². The Morgan fingerprint density at radius 1 is 0.397 bits per heavy atom. The fourth-order valence-electron chi connectivity index (χ4n) is 9.47. The van der Waals surface area contributed by atoms with Crippen LogP contribution in [-0.4, -0.2) is 48.9 Å². The van der Waals surface area contributed by atoms with Crippen LogP contribution in [0.2, 0.25) is 0 Å². The molecule has 1 aliphatic heterocycles. The van der Waals surface area contributed by atoms with Crippen LogP contribution < -0.4 is 17.4 Å². The van der Waals surface area contributed by atoms with Crippen molar-refractivity contribution in [3.05, 3.63) is 287 Å². The number of benzene rings is 7. The fraction of sp³-hybridized carbons (Fsp3) is 0.138. The summed E-state index contributed by atoms with van der Waals surface area (Å²) in [6.07, 6.45) is 11.2. The zero-order valence-corrected chi connectivity index (χ0v) is 38.0. The van der Waals surface area contributed by atoms with E-state index in [1.54, 1.807) is 24.3 Å². The van der Waals surface area contributed by atoms with Crippen LogP contribution in [0.15, 0.2) is 231 Å². The Morgan fingerprint density at radius 2 is 0.676 bits per heavy atom. The number of nitrogens with two attached hydrogens (primary N) is 3. The number of rotatable bonds is 15. The summed E-state index contributed by atoms with van der Waals surface area (Å²) >= 11 is 0. The van der Waals surface area contributed by atoms with Crippen molar-refractivity contribution in [3.63, 3.8) is 0 Å². The second-order valence-corrected chi connectivity index (χ2v) is 16.5. The number of hydrazine groups is 1. The molecule has 2 amide bonds. The van der Waals surface area contributed by atoms with Gasteiger partial charge in [-0.1, -0.05) is 194 Å². The van der Waals surface area contributed by atoms with Crippen molar-refractivity contribution in [2.24, 2.45) is 17.4 Å². The van der Waals surface area contributed by atoms with Crippen molar-refractivity contribution < 1.29 is 9.59 Å². The number of imidazole rings is 2. The van der Waals surface area contributed by atoms with Gasteiger partial charge in [-0.25, -0.2) is 9.97 Å². The lowest BCUT2D eigenvalue weighted by atomic mass is 9.77. The number of nitrogens with zero attached hydrogens (tertiary/aromatic N) is 5. The minimum Gasteiger partial charge on any atom is -0.330 e. The summed E-state index contributed by atoms with van der Waals surface area (Å²) < 4.78 is 4.43. The van der Waals surface area contributed by atoms with Gasteiger partial charge >= 0.3 is 0 Å². The number of aryl methyl sites for hydroxylation is 2. The van der Waals surface area contributed by atoms with E-state index in [0.29, 0.717) is 37.1 Å². The van der Waals surface area contributed by atoms with Crippen molar-refractivity contribution in [3.8, 4) is 0 Å². The molecule has 0 spiro atoms. The zero-order valence-electron chi connectivity index (χ0n) is 38.0. The number of hydrogen-bond donors (Lipinski definition) is 3. The van der Waals surface area contributed by atoms with Crippen LogP contribution >= 0.6 is 0 Å². The molecule has 2 aromatic heterocycles. The number of fused-ring (bicyclic) bond motifs is 1. The average Bonchev–Trinajstić information content (AvgIpc) is 4.16. The van der Waals surface area contributed by atoms with Crippen LogP contribution in [0.3, 0.4) is 0 Å². The van der Waals surface area contributed by atoms with E-state index >= 15 is 0 Å². The monoisotopic (exact) mass is 896 g/mol. The Bertz CT molecular complexity index is 2750. The molecule has 0 unspecified atom stereocenters. The SMILES string of the molecule is NCCCc1cn(C(c2ccccc2)(c2ccccc2)c2ccccc2)cn1.NN.O=C1c2ccccc2C(=O)N1CCCc1cn(C(c2ccccc2)(c2ccccc2)c2ccccc2)cn1. The third-order valence-electron chi connectivity index (χ3n) is 12.5. The molecule has 6 N–H and O–H groups in total. The highest BCUT2D eigenvalue weighted by atomic mass is 16.2. The van der Waals surface area contributed by atoms with Crippen LogP contribution in [0.25, 0.3) is 0 Å². The van der Waals surface area contributed by atoms with Gasteiger partial charge in [-0.05, 0) is 77.7 Å². The fourth-order valence-corrected chi connectivity index (χ4v) is 9.47. The molecule has 0 saturated carbocycles. The highest BCUT2D eigenvalue weighted by Crippen LogP contribution is 2.42. The van der Waals surface area contributed by atoms with Crippen molar-refractivity contribution in [1.29, 1.82) is 0 Å². The largest absolute Gasteiger partial charge is 0.330 e. The minimum absolute atomic E-state index is 0.215. The number of amides is 2. The Hall–Kier alpha value is -8.02. The molecule has 10 nitrogen and oxygen atoms in total. The first-order chi connectivity index (χ1) is 33.5. The molecule has 1 aliphatic rings. The van der Waals surface area contributed by atoms with Gasteiger partial charge in [0.1, 0.15) is 11.1 Å². The Morgan fingerprint density at radius 3 is 0.971 bits per heavy atom. The summed E-state index contributed by atoms with van der Waals surface area (Å²) in [4.78, 5) is 36.3. The lowest BCUT2D eigenvalue weighted by Crippen LogP contribution is -2.36. The maximum absolute atomic E-state index is 12.7. The molecule has 68 heavy (non-hydrogen) atoms. The number of carbonyl (C=O) groups is 2. The summed E-state index contributed by atoms with van der Waals surface area (Å²) in [6.45, 7) is 1.04. The second kappa shape index (κ2) is 22.0. The van der Waals surface area contributed by atoms with Gasteiger partial charge in [-0.15, -0.1) is 0 Å². The van der Waals surface area contributed by atoms with E-state index in [4.69, 9.17) is 15.7 Å². The predicted molar refractivity (Wildman–Crippen MR) is 270 cm³/mol. The molecule has 10 heteroatoms. The topological polar surface area (TPSA) is 151 Å². The first-order valence-electron chi connectivity index (χ1n) is 22.9. The molecule has 0 atom stereocenters. The Balaban J connectivity index is 0.000000185. The average molecular weight is 897 g/mol. The molecule has 0 fully saturated rings. The molecular formula is C58H56N8O2. The standard InChI is InChI=1S/C33H27N3O2.C25H25N3.H4N2/c37-31-29-20-10-11-21-30(29)32(38)36(31)22-12-19-28-23-35(24-34-28)33(25-13-4-1-5-14-25,26-15-6-2-7-16-26)27-17-8-3-9-18-27;26-18-10-17-24-19-28(20-27-24)25(21-11-4-1-5-12-21,22-13-6-2-7-14-22)23-15-8-3-9-16-23;1-2/h1-11,13-18,20-21,23-24H,12,19,22H2;1-9,11-16,19-20H,10,17-18,26H2;1-2H2.